The third-order valence-corrected chi connectivity index (χ3v) is 3.08. The minimum atomic E-state index is -0.944. The highest BCUT2D eigenvalue weighted by molar-refractivity contribution is 6.31. The van der Waals surface area contributed by atoms with Gasteiger partial charge in [-0.25, -0.2) is 0 Å². The predicted molar refractivity (Wildman–Crippen MR) is 75.8 cm³/mol. The second-order valence-corrected chi connectivity index (χ2v) is 4.79. The monoisotopic (exact) mass is 292 g/mol. The van der Waals surface area contributed by atoms with Gasteiger partial charge >= 0.3 is 5.97 Å². The molecule has 2 N–H and O–H groups in total. The molecule has 0 radical (unpaired) electrons. The topological polar surface area (TPSA) is 79.3 Å². The lowest BCUT2D eigenvalue weighted by Gasteiger charge is -1.98. The molecule has 1 aromatic carbocycles. The molecule has 0 bridgehead atoms. The Morgan fingerprint density at radius 1 is 1.40 bits per heavy atom. The number of pyridine rings is 1. The molecule has 1 saturated heterocycles. The van der Waals surface area contributed by atoms with E-state index in [9.17, 15) is 9.59 Å². The van der Waals surface area contributed by atoms with Crippen molar-refractivity contribution in [2.45, 2.75) is 12.5 Å². The van der Waals surface area contributed by atoms with E-state index in [1.807, 2.05) is 30.3 Å². The molecule has 3 rings (SSSR count). The van der Waals surface area contributed by atoms with Gasteiger partial charge in [0.1, 0.15) is 11.8 Å². The van der Waals surface area contributed by atoms with Gasteiger partial charge in [0.05, 0.1) is 12.1 Å². The number of aliphatic carboxylic acids is 1. The number of fused-ring (bicyclic) bond motifs is 1. The van der Waals surface area contributed by atoms with E-state index in [-0.39, 0.29) is 18.7 Å². The van der Waals surface area contributed by atoms with Gasteiger partial charge in [0, 0.05) is 23.0 Å². The average molecular weight is 293 g/mol. The highest BCUT2D eigenvalue weighted by atomic mass is 35.5. The summed E-state index contributed by atoms with van der Waals surface area (Å²) in [5, 5.41) is 12.7. The number of hydrogen-bond acceptors (Lipinski definition) is 4. The van der Waals surface area contributed by atoms with Crippen molar-refractivity contribution in [1.82, 2.24) is 10.3 Å². The zero-order chi connectivity index (χ0) is 14.5. The van der Waals surface area contributed by atoms with E-state index in [2.05, 4.69) is 10.3 Å². The summed E-state index contributed by atoms with van der Waals surface area (Å²) in [7, 11) is 0. The molecule has 104 valence electrons. The van der Waals surface area contributed by atoms with Crippen LogP contribution in [-0.4, -0.2) is 34.4 Å². The maximum atomic E-state index is 10.4. The normalized spacial score (nSPS) is 17.6. The van der Waals surface area contributed by atoms with E-state index in [0.29, 0.717) is 0 Å². The summed E-state index contributed by atoms with van der Waals surface area (Å²) in [6.45, 7) is 0.205. The Morgan fingerprint density at radius 3 is 2.80 bits per heavy atom. The summed E-state index contributed by atoms with van der Waals surface area (Å²) in [4.78, 5) is 24.7. The molecule has 2 heterocycles. The van der Waals surface area contributed by atoms with Crippen LogP contribution in [-0.2, 0) is 9.59 Å². The highest BCUT2D eigenvalue weighted by Crippen LogP contribution is 2.16. The molecular formula is C14H13ClN2O3. The molecule has 2 aromatic rings. The van der Waals surface area contributed by atoms with E-state index in [1.165, 1.54) is 0 Å². The predicted octanol–water partition coefficient (Wildman–Crippen LogP) is 1.89. The van der Waals surface area contributed by atoms with E-state index >= 15 is 0 Å². The standard InChI is InChI=1S/C9H6ClN.C5H7NO3/c10-8-4-3-7-2-1-5-11-9(7)6-8;7-3-1-4(5(8)9)6-2-3/h1-6H;4,6H,1-2H2,(H,8,9)/t;4-/m.1/s1. The number of nitrogens with one attached hydrogen (secondary N) is 1. The molecular weight excluding hydrogens is 280 g/mol. The first-order valence-electron chi connectivity index (χ1n) is 6.04. The fourth-order valence-corrected chi connectivity index (χ4v) is 1.99. The molecule has 0 aliphatic carbocycles. The SMILES string of the molecule is Clc1ccc2cccnc2c1.O=C1CN[C@@H](C(=O)O)C1. The van der Waals surface area contributed by atoms with Crippen molar-refractivity contribution in [3.63, 3.8) is 0 Å². The summed E-state index contributed by atoms with van der Waals surface area (Å²) >= 11 is 5.78. The summed E-state index contributed by atoms with van der Waals surface area (Å²) in [6.07, 6.45) is 1.90. The Hall–Kier alpha value is -1.98. The Balaban J connectivity index is 0.000000151. The summed E-state index contributed by atoms with van der Waals surface area (Å²) in [5.41, 5.74) is 0.944. The summed E-state index contributed by atoms with van der Waals surface area (Å²) in [5.74, 6) is -0.969. The maximum absolute atomic E-state index is 10.4. The fourth-order valence-electron chi connectivity index (χ4n) is 1.82. The minimum absolute atomic E-state index is 0.0256. The van der Waals surface area contributed by atoms with E-state index < -0.39 is 12.0 Å². The molecule has 0 saturated carbocycles. The molecule has 5 nitrogen and oxygen atoms in total. The number of carboxylic acid groups (broad SMARTS) is 1. The van der Waals surface area contributed by atoms with Crippen molar-refractivity contribution in [2.75, 3.05) is 6.54 Å². The van der Waals surface area contributed by atoms with Crippen LogP contribution in [0.1, 0.15) is 6.42 Å². The van der Waals surface area contributed by atoms with Crippen LogP contribution in [0.15, 0.2) is 36.5 Å². The number of carbonyl (C=O) groups is 2. The second kappa shape index (κ2) is 6.45. The molecule has 0 spiro atoms. The van der Waals surface area contributed by atoms with Gasteiger partial charge in [-0.3, -0.25) is 19.9 Å². The van der Waals surface area contributed by atoms with Crippen LogP contribution in [0.3, 0.4) is 0 Å². The van der Waals surface area contributed by atoms with Gasteiger partial charge in [-0.1, -0.05) is 23.7 Å². The quantitative estimate of drug-likeness (QED) is 0.839. The number of nitrogens with zero attached hydrogens (tertiary/aromatic N) is 1. The Morgan fingerprint density at radius 2 is 2.20 bits per heavy atom. The number of benzene rings is 1. The molecule has 0 amide bonds. The average Bonchev–Trinajstić information content (AvgIpc) is 2.86. The number of carbonyl (C=O) groups excluding carboxylic acids is 1. The lowest BCUT2D eigenvalue weighted by molar-refractivity contribution is -0.139. The maximum Gasteiger partial charge on any atom is 0.321 e. The molecule has 1 fully saturated rings. The first kappa shape index (κ1) is 14.4. The van der Waals surface area contributed by atoms with Crippen LogP contribution in [0.25, 0.3) is 10.9 Å². The number of carboxylic acids is 1. The van der Waals surface area contributed by atoms with Crippen molar-refractivity contribution < 1.29 is 14.7 Å². The van der Waals surface area contributed by atoms with Crippen molar-refractivity contribution in [3.05, 3.63) is 41.6 Å². The molecule has 6 heteroatoms. The van der Waals surface area contributed by atoms with Crippen LogP contribution >= 0.6 is 11.6 Å². The van der Waals surface area contributed by atoms with E-state index in [0.717, 1.165) is 15.9 Å². The smallest absolute Gasteiger partial charge is 0.321 e. The lowest BCUT2D eigenvalue weighted by atomic mass is 10.2. The van der Waals surface area contributed by atoms with Crippen molar-refractivity contribution in [3.8, 4) is 0 Å². The van der Waals surface area contributed by atoms with Crippen molar-refractivity contribution in [2.24, 2.45) is 0 Å². The van der Waals surface area contributed by atoms with Gasteiger partial charge in [-0.15, -0.1) is 0 Å². The van der Waals surface area contributed by atoms with Gasteiger partial charge in [0.15, 0.2) is 0 Å². The Labute approximate surface area is 120 Å². The van der Waals surface area contributed by atoms with Crippen LogP contribution < -0.4 is 5.32 Å². The van der Waals surface area contributed by atoms with E-state index in [4.69, 9.17) is 16.7 Å². The van der Waals surface area contributed by atoms with E-state index in [1.54, 1.807) is 6.20 Å². The summed E-state index contributed by atoms with van der Waals surface area (Å²) in [6, 6.07) is 8.97. The Bertz CT molecular complexity index is 645. The number of aromatic nitrogens is 1. The molecule has 1 aliphatic heterocycles. The van der Waals surface area contributed by atoms with Gasteiger partial charge in [-0.2, -0.15) is 0 Å². The fraction of sp³-hybridized carbons (Fsp3) is 0.214. The number of halogens is 1. The van der Waals surface area contributed by atoms with Gasteiger partial charge < -0.3 is 5.11 Å². The zero-order valence-electron chi connectivity index (χ0n) is 10.5. The third-order valence-electron chi connectivity index (χ3n) is 2.84. The van der Waals surface area contributed by atoms with Crippen LogP contribution in [0.4, 0.5) is 0 Å². The van der Waals surface area contributed by atoms with Crippen molar-refractivity contribution >= 4 is 34.3 Å². The molecule has 1 atom stereocenters. The number of rotatable bonds is 1. The number of ketones is 1. The van der Waals surface area contributed by atoms with Gasteiger partial charge in [-0.05, 0) is 18.2 Å². The minimum Gasteiger partial charge on any atom is -0.480 e. The van der Waals surface area contributed by atoms with Crippen LogP contribution in [0.2, 0.25) is 5.02 Å². The molecule has 0 unspecified atom stereocenters. The summed E-state index contributed by atoms with van der Waals surface area (Å²) < 4.78 is 0. The van der Waals surface area contributed by atoms with Crippen LogP contribution in [0.5, 0.6) is 0 Å². The first-order valence-corrected chi connectivity index (χ1v) is 6.42. The second-order valence-electron chi connectivity index (χ2n) is 4.35. The number of hydrogen-bond donors (Lipinski definition) is 2. The third kappa shape index (κ3) is 3.76. The Kier molecular flexibility index (Phi) is 4.65. The van der Waals surface area contributed by atoms with Crippen LogP contribution in [0, 0.1) is 0 Å². The van der Waals surface area contributed by atoms with Gasteiger partial charge in [0.25, 0.3) is 0 Å². The first-order chi connectivity index (χ1) is 9.56. The highest BCUT2D eigenvalue weighted by Gasteiger charge is 2.26. The largest absolute Gasteiger partial charge is 0.480 e. The molecule has 1 aromatic heterocycles. The molecule has 20 heavy (non-hydrogen) atoms. The number of Topliss-reactive ketones (excluding diaryl/α,β-unsaturated/α-hetero) is 1. The van der Waals surface area contributed by atoms with Crippen molar-refractivity contribution in [1.29, 1.82) is 0 Å². The molecule has 1 aliphatic rings. The lowest BCUT2D eigenvalue weighted by Crippen LogP contribution is -2.29. The van der Waals surface area contributed by atoms with Gasteiger partial charge in [0.2, 0.25) is 0 Å². The zero-order valence-corrected chi connectivity index (χ0v) is 11.3.